The molecular weight excluding hydrogens is 625 g/mol. The first-order chi connectivity index (χ1) is 16.2. The van der Waals surface area contributed by atoms with Gasteiger partial charge in [-0.15, -0.1) is 35.3 Å². The standard InChI is InChI=1S/C27H18N3O2S.Pt/c1-29-13-14-30(18-29)19-15-23-22-9-2-3-10-25(22)33-27(23)24(16-19)31-20-7-6-8-21(17-20)32-26-11-4-5-12-28-26;/h2-15,18H,1H3;/q-3;. The number of thiophene rings is 1. The van der Waals surface area contributed by atoms with Crippen LogP contribution in [0, 0.1) is 18.8 Å². The first kappa shape index (κ1) is 22.5. The Labute approximate surface area is 216 Å². The predicted molar refractivity (Wildman–Crippen MR) is 132 cm³/mol. The van der Waals surface area contributed by atoms with Gasteiger partial charge in [-0.05, 0) is 41.7 Å². The molecule has 2 aromatic heterocycles. The van der Waals surface area contributed by atoms with Gasteiger partial charge in [-0.1, -0.05) is 30.3 Å². The van der Waals surface area contributed by atoms with E-state index in [1.165, 1.54) is 10.1 Å². The summed E-state index contributed by atoms with van der Waals surface area (Å²) in [5.41, 5.74) is 0.905. The fourth-order valence-electron chi connectivity index (χ4n) is 3.70. The van der Waals surface area contributed by atoms with Crippen LogP contribution in [0.1, 0.15) is 0 Å². The molecule has 0 amide bonds. The van der Waals surface area contributed by atoms with Gasteiger partial charge in [0.1, 0.15) is 0 Å². The Kier molecular flexibility index (Phi) is 6.27. The molecule has 0 N–H and O–H groups in total. The van der Waals surface area contributed by atoms with E-state index in [2.05, 4.69) is 47.4 Å². The molecule has 1 aliphatic rings. The number of fused-ring (bicyclic) bond motifs is 3. The maximum atomic E-state index is 6.35. The molecule has 0 saturated heterocycles. The van der Waals surface area contributed by atoms with Crippen LogP contribution in [0.4, 0.5) is 5.69 Å². The van der Waals surface area contributed by atoms with Crippen molar-refractivity contribution in [2.45, 2.75) is 0 Å². The summed E-state index contributed by atoms with van der Waals surface area (Å²) in [5.74, 6) is 2.25. The number of hydrogen-bond donors (Lipinski definition) is 0. The zero-order chi connectivity index (χ0) is 22.2. The Balaban J connectivity index is 0.00000241. The summed E-state index contributed by atoms with van der Waals surface area (Å²) >= 11 is 1.70. The van der Waals surface area contributed by atoms with Crippen LogP contribution in [0.5, 0.6) is 23.1 Å². The van der Waals surface area contributed by atoms with Crippen LogP contribution >= 0.6 is 11.3 Å². The molecule has 3 aromatic carbocycles. The van der Waals surface area contributed by atoms with Gasteiger partial charge in [-0.2, -0.15) is 12.7 Å². The Bertz CT molecular complexity index is 1490. The second-order valence-corrected chi connectivity index (χ2v) is 8.61. The number of nitrogens with zero attached hydrogens (tertiary/aromatic N) is 3. The van der Waals surface area contributed by atoms with E-state index < -0.39 is 0 Å². The molecule has 0 atom stereocenters. The number of anilines is 1. The molecule has 34 heavy (non-hydrogen) atoms. The van der Waals surface area contributed by atoms with E-state index in [4.69, 9.17) is 9.47 Å². The van der Waals surface area contributed by atoms with Crippen LogP contribution in [0.2, 0.25) is 0 Å². The van der Waals surface area contributed by atoms with Crippen LogP contribution in [0.15, 0.2) is 85.3 Å². The second-order valence-electron chi connectivity index (χ2n) is 7.56. The smallest absolute Gasteiger partial charge is 0.216 e. The summed E-state index contributed by atoms with van der Waals surface area (Å²) in [7, 11) is 1.99. The molecule has 3 heterocycles. The number of aromatic nitrogens is 1. The van der Waals surface area contributed by atoms with Crippen LogP contribution in [-0.4, -0.2) is 16.9 Å². The van der Waals surface area contributed by atoms with Gasteiger partial charge in [0.2, 0.25) is 5.88 Å². The van der Waals surface area contributed by atoms with Crippen molar-refractivity contribution in [3.63, 3.8) is 0 Å². The molecule has 0 bridgehead atoms. The van der Waals surface area contributed by atoms with Gasteiger partial charge in [0.15, 0.2) is 0 Å². The van der Waals surface area contributed by atoms with Crippen LogP contribution in [0.25, 0.3) is 20.2 Å². The second kappa shape index (κ2) is 9.49. The van der Waals surface area contributed by atoms with Crippen LogP contribution < -0.4 is 14.4 Å². The maximum Gasteiger partial charge on any atom is 0.216 e. The van der Waals surface area contributed by atoms with Crippen molar-refractivity contribution in [1.29, 1.82) is 0 Å². The Morgan fingerprint density at radius 1 is 0.882 bits per heavy atom. The summed E-state index contributed by atoms with van der Waals surface area (Å²) in [5, 5.41) is 2.34. The van der Waals surface area contributed by atoms with E-state index in [1.807, 2.05) is 66.2 Å². The van der Waals surface area contributed by atoms with Gasteiger partial charge in [-0.25, -0.2) is 16.3 Å². The maximum absolute atomic E-state index is 6.35. The third-order valence-corrected chi connectivity index (χ3v) is 6.40. The topological polar surface area (TPSA) is 37.8 Å². The van der Waals surface area contributed by atoms with Crippen molar-refractivity contribution >= 4 is 37.2 Å². The molecule has 0 fully saturated rings. The zero-order valence-electron chi connectivity index (χ0n) is 18.0. The molecule has 0 spiro atoms. The SMILES string of the molecule is CN1C=CN(c2[c-]c(Oc3[c-]c(Oc4ccccn4)ccc3)c3sc4ccccc4c3c2)[CH-]1.[Pt]. The molecule has 5 nitrogen and oxygen atoms in total. The van der Waals surface area contributed by atoms with Crippen molar-refractivity contribution < 1.29 is 30.5 Å². The van der Waals surface area contributed by atoms with Crippen molar-refractivity contribution in [1.82, 2.24) is 9.88 Å². The van der Waals surface area contributed by atoms with Gasteiger partial charge in [0.05, 0.1) is 0 Å². The van der Waals surface area contributed by atoms with Crippen LogP contribution in [-0.2, 0) is 21.1 Å². The molecule has 0 saturated carbocycles. The summed E-state index contributed by atoms with van der Waals surface area (Å²) < 4.78 is 14.4. The van der Waals surface area contributed by atoms with Gasteiger partial charge < -0.3 is 19.3 Å². The third-order valence-electron chi connectivity index (χ3n) is 5.22. The third kappa shape index (κ3) is 4.39. The quantitative estimate of drug-likeness (QED) is 0.194. The Morgan fingerprint density at radius 2 is 1.71 bits per heavy atom. The minimum Gasteiger partial charge on any atom is -0.510 e. The van der Waals surface area contributed by atoms with Gasteiger partial charge in [0, 0.05) is 55.3 Å². The number of benzene rings is 3. The molecule has 7 heteroatoms. The van der Waals surface area contributed by atoms with E-state index in [-0.39, 0.29) is 21.1 Å². The summed E-state index contributed by atoms with van der Waals surface area (Å²) in [6, 6.07) is 28.3. The van der Waals surface area contributed by atoms with E-state index in [0.717, 1.165) is 15.8 Å². The van der Waals surface area contributed by atoms with Crippen molar-refractivity contribution in [2.24, 2.45) is 0 Å². The number of pyridine rings is 1. The minimum absolute atomic E-state index is 0. The Hall–Kier alpha value is -3.34. The largest absolute Gasteiger partial charge is 0.510 e. The van der Waals surface area contributed by atoms with E-state index >= 15 is 0 Å². The summed E-state index contributed by atoms with van der Waals surface area (Å²) in [4.78, 5) is 8.24. The van der Waals surface area contributed by atoms with Gasteiger partial charge in [0.25, 0.3) is 0 Å². The van der Waals surface area contributed by atoms with E-state index in [1.54, 1.807) is 23.6 Å². The molecule has 172 valence electrons. The summed E-state index contributed by atoms with van der Waals surface area (Å²) in [6.45, 7) is 2.00. The molecule has 0 unspecified atom stereocenters. The predicted octanol–water partition coefficient (Wildman–Crippen LogP) is 6.97. The number of hydrogen-bond acceptors (Lipinski definition) is 6. The van der Waals surface area contributed by atoms with Crippen molar-refractivity contribution in [2.75, 3.05) is 11.9 Å². The number of ether oxygens (including phenoxy) is 2. The van der Waals surface area contributed by atoms with Gasteiger partial charge >= 0.3 is 0 Å². The average Bonchev–Trinajstić information content (AvgIpc) is 3.44. The van der Waals surface area contributed by atoms with Crippen molar-refractivity contribution in [3.8, 4) is 23.1 Å². The monoisotopic (exact) mass is 643 g/mol. The summed E-state index contributed by atoms with van der Waals surface area (Å²) in [6.07, 6.45) is 5.69. The molecule has 0 aliphatic carbocycles. The van der Waals surface area contributed by atoms with Gasteiger partial charge in [-0.3, -0.25) is 0 Å². The van der Waals surface area contributed by atoms with E-state index in [9.17, 15) is 0 Å². The minimum atomic E-state index is 0. The molecule has 0 radical (unpaired) electrons. The zero-order valence-corrected chi connectivity index (χ0v) is 21.1. The molecular formula is C27H18N3O2PtS-3. The first-order valence-corrected chi connectivity index (χ1v) is 11.2. The van der Waals surface area contributed by atoms with E-state index in [0.29, 0.717) is 23.1 Å². The Morgan fingerprint density at radius 3 is 2.50 bits per heavy atom. The first-order valence-electron chi connectivity index (χ1n) is 10.4. The molecule has 5 aromatic rings. The number of rotatable bonds is 5. The fourth-order valence-corrected chi connectivity index (χ4v) is 4.82. The van der Waals surface area contributed by atoms with Crippen molar-refractivity contribution in [3.05, 3.63) is 104 Å². The fraction of sp³-hybridized carbons (Fsp3) is 0.0370. The average molecular weight is 644 g/mol. The molecule has 6 rings (SSSR count). The molecule has 1 aliphatic heterocycles. The normalized spacial score (nSPS) is 12.9. The van der Waals surface area contributed by atoms with Crippen LogP contribution in [0.3, 0.4) is 0 Å².